The lowest BCUT2D eigenvalue weighted by atomic mass is 9.35. The summed E-state index contributed by atoms with van der Waals surface area (Å²) >= 11 is 0. The van der Waals surface area contributed by atoms with Crippen LogP contribution in [0.2, 0.25) is 0 Å². The van der Waals surface area contributed by atoms with Gasteiger partial charge in [0.1, 0.15) is 46.0 Å². The van der Waals surface area contributed by atoms with E-state index >= 15 is 0 Å². The second-order valence-electron chi connectivity index (χ2n) is 19.2. The first-order chi connectivity index (χ1) is 37.2. The molecule has 4 heterocycles. The highest BCUT2D eigenvalue weighted by molar-refractivity contribution is 6.99. The Morgan fingerprint density at radius 3 is 0.840 bits per heavy atom. The molecule has 0 N–H and O–H groups in total. The number of ether oxygens (including phenoxy) is 4. The van der Waals surface area contributed by atoms with E-state index in [1.165, 1.54) is 0 Å². The third-order valence-corrected chi connectivity index (χ3v) is 14.8. The molecule has 0 radical (unpaired) electrons. The molecule has 75 heavy (non-hydrogen) atoms. The largest absolute Gasteiger partial charge is 0.458 e. The number of benzene rings is 11. The van der Waals surface area contributed by atoms with Crippen LogP contribution in [0.5, 0.6) is 46.0 Å². The van der Waals surface area contributed by atoms with Gasteiger partial charge in [0, 0.05) is 57.2 Å². The molecule has 0 bridgehead atoms. The Hall–Kier alpha value is -9.85. The first kappa shape index (κ1) is 42.8. The van der Waals surface area contributed by atoms with Gasteiger partial charge in [-0.2, -0.15) is 0 Å². The molecule has 0 aliphatic carbocycles. The molecule has 0 atom stereocenters. The second kappa shape index (κ2) is 17.4. The zero-order valence-corrected chi connectivity index (χ0v) is 40.5. The van der Waals surface area contributed by atoms with Gasteiger partial charge in [-0.25, -0.2) is 0 Å². The predicted octanol–water partition coefficient (Wildman–Crippen LogP) is 13.6. The topological polar surface area (TPSA) is 46.6 Å². The first-order valence-corrected chi connectivity index (χ1v) is 25.4. The van der Waals surface area contributed by atoms with Crippen molar-refractivity contribution in [1.82, 2.24) is 0 Å². The van der Waals surface area contributed by atoms with Crippen LogP contribution in [0.15, 0.2) is 261 Å². The summed E-state index contributed by atoms with van der Waals surface area (Å²) in [6, 6.07) is 91.5. The number of hydrogen-bond acceptors (Lipinski definition) is 7. The van der Waals surface area contributed by atoms with Crippen LogP contribution in [-0.2, 0) is 0 Å². The Morgan fingerprint density at radius 2 is 0.480 bits per heavy atom. The van der Waals surface area contributed by atoms with Crippen molar-refractivity contribution in [3.63, 3.8) is 0 Å². The summed E-state index contributed by atoms with van der Waals surface area (Å²) in [4.78, 5) is 7.01. The van der Waals surface area contributed by atoms with Gasteiger partial charge in [-0.1, -0.05) is 133 Å². The van der Waals surface area contributed by atoms with E-state index in [0.29, 0.717) is 0 Å². The summed E-state index contributed by atoms with van der Waals surface area (Å²) in [6.45, 7) is -0.162. The number of rotatable bonds is 9. The molecule has 4 aliphatic rings. The van der Waals surface area contributed by atoms with Crippen molar-refractivity contribution < 1.29 is 18.9 Å². The second-order valence-corrected chi connectivity index (χ2v) is 19.2. The molecule has 11 aromatic carbocycles. The fraction of sp³-hybridized carbons (Fsp3) is 0. The maximum atomic E-state index is 7.01. The zero-order valence-electron chi connectivity index (χ0n) is 40.5. The Morgan fingerprint density at radius 1 is 0.200 bits per heavy atom. The van der Waals surface area contributed by atoms with Crippen LogP contribution in [0.4, 0.5) is 51.2 Å². The van der Waals surface area contributed by atoms with Crippen molar-refractivity contribution in [2.45, 2.75) is 0 Å². The Labute approximate surface area is 435 Å². The highest BCUT2D eigenvalue weighted by atomic mass is 16.5. The van der Waals surface area contributed by atoms with E-state index in [4.69, 9.17) is 18.9 Å². The minimum atomic E-state index is -0.0811. The Balaban J connectivity index is 0.981. The monoisotopic (exact) mass is 963 g/mol. The minimum Gasteiger partial charge on any atom is -0.458 e. The van der Waals surface area contributed by atoms with E-state index in [-0.39, 0.29) is 13.4 Å². The molecule has 0 fully saturated rings. The SMILES string of the molecule is c1ccc(N(c2ccccc2)c2cc(N(c3ccccc3)c3ccccc3)cc(N(c3ccc4c(c3)Oc3cccc5c3B4c3ccccc3O5)c3ccc4c(c3)Oc3cccc5c3B4c3ccccc3O5)c2)cc1. The van der Waals surface area contributed by atoms with Crippen LogP contribution in [0.25, 0.3) is 0 Å². The van der Waals surface area contributed by atoms with Gasteiger partial charge in [-0.3, -0.25) is 0 Å². The maximum Gasteiger partial charge on any atom is 0.260 e. The highest BCUT2D eigenvalue weighted by Gasteiger charge is 2.42. The van der Waals surface area contributed by atoms with Gasteiger partial charge in [-0.05, 0) is 137 Å². The van der Waals surface area contributed by atoms with Crippen molar-refractivity contribution in [2.24, 2.45) is 0 Å². The third-order valence-electron chi connectivity index (χ3n) is 14.8. The molecule has 352 valence electrons. The number of fused-ring (bicyclic) bond motifs is 8. The predicted molar refractivity (Wildman–Crippen MR) is 306 cm³/mol. The van der Waals surface area contributed by atoms with Crippen LogP contribution in [0.3, 0.4) is 0 Å². The van der Waals surface area contributed by atoms with Gasteiger partial charge < -0.3 is 33.6 Å². The lowest BCUT2D eigenvalue weighted by Gasteiger charge is -2.35. The minimum absolute atomic E-state index is 0.0811. The molecule has 0 unspecified atom stereocenters. The summed E-state index contributed by atoms with van der Waals surface area (Å²) in [7, 11) is 0. The average molecular weight is 964 g/mol. The van der Waals surface area contributed by atoms with E-state index in [1.54, 1.807) is 0 Å². The summed E-state index contributed by atoms with van der Waals surface area (Å²) in [5.74, 6) is 6.46. The maximum absolute atomic E-state index is 7.01. The molecular formula is C66H43B2N3O4. The quantitative estimate of drug-likeness (QED) is 0.134. The van der Waals surface area contributed by atoms with E-state index in [0.717, 1.165) is 130 Å². The summed E-state index contributed by atoms with van der Waals surface area (Å²) in [6.07, 6.45) is 0. The van der Waals surface area contributed by atoms with Crippen molar-refractivity contribution >= 4 is 97.4 Å². The molecule has 15 rings (SSSR count). The fourth-order valence-electron chi connectivity index (χ4n) is 11.6. The van der Waals surface area contributed by atoms with E-state index in [9.17, 15) is 0 Å². The zero-order chi connectivity index (χ0) is 49.4. The number of nitrogens with zero attached hydrogens (tertiary/aromatic N) is 3. The molecule has 0 spiro atoms. The number of para-hydroxylation sites is 6. The number of anilines is 9. The van der Waals surface area contributed by atoms with Crippen LogP contribution in [0, 0.1) is 0 Å². The van der Waals surface area contributed by atoms with Crippen molar-refractivity contribution in [1.29, 1.82) is 0 Å². The van der Waals surface area contributed by atoms with E-state index in [1.807, 2.05) is 48.5 Å². The van der Waals surface area contributed by atoms with Crippen LogP contribution in [0.1, 0.15) is 0 Å². The average Bonchev–Trinajstić information content (AvgIpc) is 3.49. The third kappa shape index (κ3) is 7.15. The lowest BCUT2D eigenvalue weighted by Crippen LogP contribution is -2.57. The summed E-state index contributed by atoms with van der Waals surface area (Å²) in [5, 5.41) is 0. The fourth-order valence-corrected chi connectivity index (χ4v) is 11.6. The summed E-state index contributed by atoms with van der Waals surface area (Å²) < 4.78 is 27.0. The lowest BCUT2D eigenvalue weighted by molar-refractivity contribution is 0.464. The standard InChI is InChI=1S/C66H43B2N3O4/c1-5-19-44(20-6-1)69(45-21-7-2-8-22-45)50-39-51(70(46-23-9-3-10-24-46)47-25-11-4-12-26-47)41-52(40-50)71(48-35-37-55-63(42-48)74-61-33-17-31-59-65(61)67(55)53-27-13-15-29-57(53)72-59)49-36-38-56-64(43-49)75-62-34-18-32-60-66(62)68(56)54-28-14-16-30-58(54)73-60/h1-43H. The van der Waals surface area contributed by atoms with Crippen LogP contribution >= 0.6 is 0 Å². The molecule has 11 aromatic rings. The van der Waals surface area contributed by atoms with Crippen molar-refractivity contribution in [3.8, 4) is 46.0 Å². The van der Waals surface area contributed by atoms with Crippen LogP contribution < -0.4 is 66.4 Å². The van der Waals surface area contributed by atoms with Gasteiger partial charge in [0.2, 0.25) is 0 Å². The van der Waals surface area contributed by atoms with E-state index < -0.39 is 0 Å². The molecular weight excluding hydrogens is 920 g/mol. The van der Waals surface area contributed by atoms with Gasteiger partial charge in [0.25, 0.3) is 13.4 Å². The molecule has 0 saturated heterocycles. The Bertz CT molecular complexity index is 3680. The molecule has 0 saturated carbocycles. The van der Waals surface area contributed by atoms with Gasteiger partial charge >= 0.3 is 0 Å². The Kier molecular flexibility index (Phi) is 9.95. The molecule has 7 nitrogen and oxygen atoms in total. The molecule has 4 aliphatic heterocycles. The normalized spacial score (nSPS) is 12.6. The van der Waals surface area contributed by atoms with Gasteiger partial charge in [0.15, 0.2) is 0 Å². The van der Waals surface area contributed by atoms with Crippen LogP contribution in [-0.4, -0.2) is 13.4 Å². The molecule has 0 aromatic heterocycles. The summed E-state index contributed by atoms with van der Waals surface area (Å²) in [5.41, 5.74) is 15.2. The van der Waals surface area contributed by atoms with Gasteiger partial charge in [-0.15, -0.1) is 0 Å². The molecule has 0 amide bonds. The number of hydrogen-bond donors (Lipinski definition) is 0. The smallest absolute Gasteiger partial charge is 0.260 e. The van der Waals surface area contributed by atoms with Gasteiger partial charge in [0.05, 0.1) is 17.1 Å². The highest BCUT2D eigenvalue weighted by Crippen LogP contribution is 2.48. The first-order valence-electron chi connectivity index (χ1n) is 25.4. The van der Waals surface area contributed by atoms with Crippen molar-refractivity contribution in [3.05, 3.63) is 261 Å². The van der Waals surface area contributed by atoms with Crippen molar-refractivity contribution in [2.75, 3.05) is 14.7 Å². The van der Waals surface area contributed by atoms with E-state index in [2.05, 4.69) is 227 Å². The molecule has 9 heteroatoms.